The minimum Gasteiger partial charge on any atom is -0.277 e. The number of para-hydroxylation sites is 1. The van der Waals surface area contributed by atoms with Gasteiger partial charge >= 0.3 is 0 Å². The summed E-state index contributed by atoms with van der Waals surface area (Å²) in [5.74, 6) is 0. The minimum absolute atomic E-state index is 0.233. The second-order valence-electron chi connectivity index (χ2n) is 5.03. The molecule has 0 saturated carbocycles. The number of aryl methyl sites for hydroxylation is 2. The first kappa shape index (κ1) is 15.1. The van der Waals surface area contributed by atoms with Crippen LogP contribution in [-0.2, 0) is 17.1 Å². The number of anilines is 1. The topological polar surface area (TPSA) is 64.0 Å². The van der Waals surface area contributed by atoms with Crippen molar-refractivity contribution in [3.05, 3.63) is 52.6 Å². The quantitative estimate of drug-likeness (QED) is 0.757. The van der Waals surface area contributed by atoms with Crippen molar-refractivity contribution < 1.29 is 8.42 Å². The number of rotatable bonds is 3. The van der Waals surface area contributed by atoms with Gasteiger partial charge in [0, 0.05) is 12.4 Å². The van der Waals surface area contributed by atoms with E-state index in [2.05, 4.69) is 25.8 Å². The van der Waals surface area contributed by atoms with Gasteiger partial charge in [0.2, 0.25) is 0 Å². The van der Waals surface area contributed by atoms with Crippen molar-refractivity contribution in [1.29, 1.82) is 0 Å². The normalized spacial score (nSPS) is 11.8. The lowest BCUT2D eigenvalue weighted by Gasteiger charge is -2.10. The summed E-state index contributed by atoms with van der Waals surface area (Å²) in [6.07, 6.45) is 0. The largest absolute Gasteiger partial charge is 0.277 e. The van der Waals surface area contributed by atoms with Gasteiger partial charge in [-0.1, -0.05) is 23.8 Å². The minimum atomic E-state index is -3.64. The zero-order chi connectivity index (χ0) is 15.9. The van der Waals surface area contributed by atoms with E-state index in [0.717, 1.165) is 16.5 Å². The molecular weight excluding hydrogens is 366 g/mol. The highest BCUT2D eigenvalue weighted by molar-refractivity contribution is 9.10. The predicted molar refractivity (Wildman–Crippen MR) is 90.4 cm³/mol. The van der Waals surface area contributed by atoms with Crippen molar-refractivity contribution in [3.8, 4) is 0 Å². The molecule has 114 valence electrons. The Labute approximate surface area is 137 Å². The van der Waals surface area contributed by atoms with Crippen molar-refractivity contribution in [2.24, 2.45) is 7.05 Å². The Hall–Kier alpha value is -1.86. The summed E-state index contributed by atoms with van der Waals surface area (Å²) in [5, 5.41) is 5.12. The van der Waals surface area contributed by atoms with Gasteiger partial charge in [0.15, 0.2) is 0 Å². The van der Waals surface area contributed by atoms with Crippen LogP contribution in [0.4, 0.5) is 5.69 Å². The van der Waals surface area contributed by atoms with E-state index in [9.17, 15) is 8.42 Å². The SMILES string of the molecule is Cc1ccc(S(=O)(=O)Nc2cccc3c(Br)nn(C)c23)cc1. The van der Waals surface area contributed by atoms with Crippen LogP contribution in [0.15, 0.2) is 52.0 Å². The van der Waals surface area contributed by atoms with Crippen molar-refractivity contribution in [2.45, 2.75) is 11.8 Å². The lowest BCUT2D eigenvalue weighted by Crippen LogP contribution is -2.13. The second-order valence-corrected chi connectivity index (χ2v) is 7.47. The summed E-state index contributed by atoms with van der Waals surface area (Å²) in [5.41, 5.74) is 2.24. The van der Waals surface area contributed by atoms with Crippen molar-refractivity contribution in [2.75, 3.05) is 4.72 Å². The molecular formula is C15H14BrN3O2S. The molecule has 0 radical (unpaired) electrons. The fourth-order valence-corrected chi connectivity index (χ4v) is 3.92. The fourth-order valence-electron chi connectivity index (χ4n) is 2.30. The predicted octanol–water partition coefficient (Wildman–Crippen LogP) is 3.45. The number of sulfonamides is 1. The molecule has 0 atom stereocenters. The van der Waals surface area contributed by atoms with Crippen LogP contribution < -0.4 is 4.72 Å². The Kier molecular flexibility index (Phi) is 3.70. The van der Waals surface area contributed by atoms with Crippen molar-refractivity contribution in [1.82, 2.24) is 9.78 Å². The van der Waals surface area contributed by atoms with E-state index in [4.69, 9.17) is 0 Å². The summed E-state index contributed by atoms with van der Waals surface area (Å²) >= 11 is 3.38. The number of fused-ring (bicyclic) bond motifs is 1. The summed E-state index contributed by atoms with van der Waals surface area (Å²) in [4.78, 5) is 0.233. The first-order valence-corrected chi connectivity index (χ1v) is 8.87. The molecule has 0 fully saturated rings. The zero-order valence-electron chi connectivity index (χ0n) is 12.0. The number of halogens is 1. The molecule has 1 aromatic heterocycles. The third-order valence-corrected chi connectivity index (χ3v) is 5.36. The molecule has 0 unspecified atom stereocenters. The van der Waals surface area contributed by atoms with E-state index >= 15 is 0 Å². The smallest absolute Gasteiger partial charge is 0.261 e. The average Bonchev–Trinajstić information content (AvgIpc) is 2.75. The Balaban J connectivity index is 2.08. The number of hydrogen-bond acceptors (Lipinski definition) is 3. The molecule has 1 N–H and O–H groups in total. The number of aromatic nitrogens is 2. The molecule has 0 amide bonds. The van der Waals surface area contributed by atoms with Gasteiger partial charge in [0.1, 0.15) is 4.60 Å². The Morgan fingerprint density at radius 2 is 1.82 bits per heavy atom. The second kappa shape index (κ2) is 5.40. The maximum Gasteiger partial charge on any atom is 0.261 e. The van der Waals surface area contributed by atoms with Gasteiger partial charge in [-0.2, -0.15) is 5.10 Å². The van der Waals surface area contributed by atoms with Crippen LogP contribution in [0.3, 0.4) is 0 Å². The maximum atomic E-state index is 12.5. The molecule has 5 nitrogen and oxygen atoms in total. The molecule has 7 heteroatoms. The van der Waals surface area contributed by atoms with E-state index in [1.807, 2.05) is 13.0 Å². The highest BCUT2D eigenvalue weighted by atomic mass is 79.9. The molecule has 2 aromatic carbocycles. The molecule has 3 aromatic rings. The van der Waals surface area contributed by atoms with Crippen LogP contribution in [0.25, 0.3) is 10.9 Å². The third kappa shape index (κ3) is 2.62. The number of hydrogen-bond donors (Lipinski definition) is 1. The highest BCUT2D eigenvalue weighted by Gasteiger charge is 2.17. The van der Waals surface area contributed by atoms with Gasteiger partial charge in [0.05, 0.1) is 16.1 Å². The van der Waals surface area contributed by atoms with Gasteiger partial charge < -0.3 is 0 Å². The molecule has 22 heavy (non-hydrogen) atoms. The molecule has 0 aliphatic carbocycles. The van der Waals surface area contributed by atoms with E-state index in [1.54, 1.807) is 48.1 Å². The molecule has 0 aliphatic rings. The van der Waals surface area contributed by atoms with Crippen LogP contribution in [-0.4, -0.2) is 18.2 Å². The van der Waals surface area contributed by atoms with Gasteiger partial charge in [-0.15, -0.1) is 0 Å². The summed E-state index contributed by atoms with van der Waals surface area (Å²) in [6, 6.07) is 12.1. The molecule has 0 spiro atoms. The van der Waals surface area contributed by atoms with Crippen LogP contribution in [0.1, 0.15) is 5.56 Å². The van der Waals surface area contributed by atoms with Crippen LogP contribution in [0.5, 0.6) is 0 Å². The number of nitrogens with zero attached hydrogens (tertiary/aromatic N) is 2. The van der Waals surface area contributed by atoms with Gasteiger partial charge in [-0.05, 0) is 47.1 Å². The van der Waals surface area contributed by atoms with Gasteiger partial charge in [-0.3, -0.25) is 9.40 Å². The lowest BCUT2D eigenvalue weighted by molar-refractivity contribution is 0.601. The molecule has 0 bridgehead atoms. The molecule has 1 heterocycles. The maximum absolute atomic E-state index is 12.5. The monoisotopic (exact) mass is 379 g/mol. The van der Waals surface area contributed by atoms with Gasteiger partial charge in [0.25, 0.3) is 10.0 Å². The third-order valence-electron chi connectivity index (χ3n) is 3.40. The summed E-state index contributed by atoms with van der Waals surface area (Å²) in [6.45, 7) is 1.91. The van der Waals surface area contributed by atoms with E-state index in [1.165, 1.54) is 0 Å². The van der Waals surface area contributed by atoms with Crippen LogP contribution in [0, 0.1) is 6.92 Å². The lowest BCUT2D eigenvalue weighted by atomic mass is 10.2. The zero-order valence-corrected chi connectivity index (χ0v) is 14.4. The Morgan fingerprint density at radius 1 is 1.14 bits per heavy atom. The van der Waals surface area contributed by atoms with Gasteiger partial charge in [-0.25, -0.2) is 8.42 Å². The summed E-state index contributed by atoms with van der Waals surface area (Å²) < 4.78 is 30.0. The Morgan fingerprint density at radius 3 is 2.50 bits per heavy atom. The van der Waals surface area contributed by atoms with Crippen molar-refractivity contribution in [3.63, 3.8) is 0 Å². The molecule has 0 aliphatic heterocycles. The first-order valence-electron chi connectivity index (χ1n) is 6.59. The number of nitrogens with one attached hydrogen (secondary N) is 1. The number of benzene rings is 2. The fraction of sp³-hybridized carbons (Fsp3) is 0.133. The molecule has 0 saturated heterocycles. The van der Waals surface area contributed by atoms with Crippen LogP contribution >= 0.6 is 15.9 Å². The van der Waals surface area contributed by atoms with E-state index < -0.39 is 10.0 Å². The van der Waals surface area contributed by atoms with E-state index in [0.29, 0.717) is 10.3 Å². The standard InChI is InChI=1S/C15H14BrN3O2S/c1-10-6-8-11(9-7-10)22(20,21)18-13-5-3-4-12-14(13)19(2)17-15(12)16/h3-9,18H,1-2H3. The summed E-state index contributed by atoms with van der Waals surface area (Å²) in [7, 11) is -1.86. The Bertz CT molecular complexity index is 947. The average molecular weight is 380 g/mol. The van der Waals surface area contributed by atoms with E-state index in [-0.39, 0.29) is 4.90 Å². The first-order chi connectivity index (χ1) is 10.4. The highest BCUT2D eigenvalue weighted by Crippen LogP contribution is 2.30. The van der Waals surface area contributed by atoms with Crippen LogP contribution in [0.2, 0.25) is 0 Å². The molecule has 3 rings (SSSR count). The van der Waals surface area contributed by atoms with Crippen molar-refractivity contribution >= 4 is 42.5 Å².